The van der Waals surface area contributed by atoms with Crippen molar-refractivity contribution in [3.63, 3.8) is 0 Å². The van der Waals surface area contributed by atoms with Gasteiger partial charge in [0.05, 0.1) is 23.8 Å². The first-order chi connectivity index (χ1) is 12.1. The molecule has 1 aromatic carbocycles. The van der Waals surface area contributed by atoms with Gasteiger partial charge in [-0.3, -0.25) is 4.79 Å². The minimum atomic E-state index is -0.165. The molecule has 1 amide bonds. The topological polar surface area (TPSA) is 68.0 Å². The third-order valence-electron chi connectivity index (χ3n) is 3.58. The van der Waals surface area contributed by atoms with Gasteiger partial charge in [-0.1, -0.05) is 42.1 Å². The summed E-state index contributed by atoms with van der Waals surface area (Å²) in [6.07, 6.45) is 1.60. The van der Waals surface area contributed by atoms with Crippen molar-refractivity contribution in [3.8, 4) is 11.3 Å². The van der Waals surface area contributed by atoms with Crippen molar-refractivity contribution in [3.05, 3.63) is 66.2 Å². The molecule has 25 heavy (non-hydrogen) atoms. The average molecular weight is 353 g/mol. The van der Waals surface area contributed by atoms with E-state index in [0.29, 0.717) is 5.16 Å². The van der Waals surface area contributed by atoms with Crippen molar-refractivity contribution in [2.75, 3.05) is 5.75 Å². The summed E-state index contributed by atoms with van der Waals surface area (Å²) < 4.78 is 5.29. The van der Waals surface area contributed by atoms with Crippen molar-refractivity contribution in [1.82, 2.24) is 15.3 Å². The van der Waals surface area contributed by atoms with Gasteiger partial charge < -0.3 is 9.73 Å². The van der Waals surface area contributed by atoms with E-state index in [9.17, 15) is 4.79 Å². The second kappa shape index (κ2) is 7.98. The molecule has 2 heterocycles. The lowest BCUT2D eigenvalue weighted by Gasteiger charge is -2.11. The Kier molecular flexibility index (Phi) is 5.50. The number of furan rings is 1. The molecule has 3 rings (SSSR count). The summed E-state index contributed by atoms with van der Waals surface area (Å²) in [6, 6.07) is 15.4. The molecule has 0 unspecified atom stereocenters. The molecule has 6 heteroatoms. The van der Waals surface area contributed by atoms with E-state index in [0.717, 1.165) is 22.7 Å². The van der Waals surface area contributed by atoms with Crippen molar-refractivity contribution in [1.29, 1.82) is 0 Å². The number of rotatable bonds is 6. The molecule has 0 bridgehead atoms. The fourth-order valence-electron chi connectivity index (χ4n) is 2.38. The molecule has 0 saturated heterocycles. The Hall–Kier alpha value is -2.60. The van der Waals surface area contributed by atoms with E-state index in [4.69, 9.17) is 4.42 Å². The second-order valence-electron chi connectivity index (χ2n) is 5.64. The van der Waals surface area contributed by atoms with Gasteiger partial charge in [0.2, 0.25) is 5.91 Å². The molecule has 0 saturated carbocycles. The molecule has 128 valence electrons. The first-order valence-electron chi connectivity index (χ1n) is 7.98. The first-order valence-corrected chi connectivity index (χ1v) is 8.97. The smallest absolute Gasteiger partial charge is 0.231 e. The zero-order valence-corrected chi connectivity index (χ0v) is 14.9. The fraction of sp³-hybridized carbons (Fsp3) is 0.211. The highest BCUT2D eigenvalue weighted by Gasteiger charge is 2.13. The lowest BCUT2D eigenvalue weighted by atomic mass is 10.1. The quantitative estimate of drug-likeness (QED) is 0.535. The standard InChI is InChI=1S/C19H19N3O2S/c1-13-11-16(15-7-4-3-5-8-15)22-19(20-13)25-12-18(23)21-14(2)17-9-6-10-24-17/h3-11,14H,12H2,1-2H3,(H,21,23)/t14-/m0/s1. The summed E-state index contributed by atoms with van der Waals surface area (Å²) in [7, 11) is 0. The molecule has 0 aliphatic heterocycles. The predicted molar refractivity (Wildman–Crippen MR) is 98.2 cm³/mol. The molecule has 0 spiro atoms. The van der Waals surface area contributed by atoms with E-state index in [1.165, 1.54) is 11.8 Å². The Labute approximate surface area is 150 Å². The maximum atomic E-state index is 12.1. The maximum Gasteiger partial charge on any atom is 0.231 e. The number of hydrogen-bond donors (Lipinski definition) is 1. The van der Waals surface area contributed by atoms with Crippen LogP contribution in [0.25, 0.3) is 11.3 Å². The highest BCUT2D eigenvalue weighted by Crippen LogP contribution is 2.21. The molecule has 1 N–H and O–H groups in total. The number of carbonyl (C=O) groups is 1. The number of nitrogens with one attached hydrogen (secondary N) is 1. The van der Waals surface area contributed by atoms with E-state index in [1.54, 1.807) is 12.3 Å². The van der Waals surface area contributed by atoms with E-state index in [1.807, 2.05) is 56.3 Å². The number of amides is 1. The summed E-state index contributed by atoms with van der Waals surface area (Å²) in [5.41, 5.74) is 2.77. The number of thioether (sulfide) groups is 1. The monoisotopic (exact) mass is 353 g/mol. The lowest BCUT2D eigenvalue weighted by Crippen LogP contribution is -2.28. The number of carbonyl (C=O) groups excluding carboxylic acids is 1. The van der Waals surface area contributed by atoms with Gasteiger partial charge in [-0.25, -0.2) is 9.97 Å². The zero-order chi connectivity index (χ0) is 17.6. The van der Waals surface area contributed by atoms with Gasteiger partial charge in [0.25, 0.3) is 0 Å². The van der Waals surface area contributed by atoms with Crippen LogP contribution in [-0.4, -0.2) is 21.6 Å². The van der Waals surface area contributed by atoms with Gasteiger partial charge >= 0.3 is 0 Å². The number of aryl methyl sites for hydroxylation is 1. The summed E-state index contributed by atoms with van der Waals surface area (Å²) >= 11 is 1.33. The molecule has 0 aliphatic carbocycles. The van der Waals surface area contributed by atoms with Crippen LogP contribution in [0.4, 0.5) is 0 Å². The van der Waals surface area contributed by atoms with Gasteiger partial charge in [-0.15, -0.1) is 0 Å². The highest BCUT2D eigenvalue weighted by atomic mass is 32.2. The fourth-order valence-corrected chi connectivity index (χ4v) is 3.10. The molecular formula is C19H19N3O2S. The predicted octanol–water partition coefficient (Wildman–Crippen LogP) is 4.01. The largest absolute Gasteiger partial charge is 0.467 e. The van der Waals surface area contributed by atoms with Gasteiger partial charge in [0, 0.05) is 11.3 Å². The molecular weight excluding hydrogens is 334 g/mol. The van der Waals surface area contributed by atoms with Crippen LogP contribution in [0, 0.1) is 6.92 Å². The average Bonchev–Trinajstić information content (AvgIpc) is 3.15. The normalized spacial score (nSPS) is 11.9. The van der Waals surface area contributed by atoms with E-state index in [-0.39, 0.29) is 17.7 Å². The molecule has 5 nitrogen and oxygen atoms in total. The third kappa shape index (κ3) is 4.70. The minimum Gasteiger partial charge on any atom is -0.467 e. The molecule has 1 atom stereocenters. The number of aromatic nitrogens is 2. The van der Waals surface area contributed by atoms with Crippen molar-refractivity contribution in [2.45, 2.75) is 25.0 Å². The van der Waals surface area contributed by atoms with Crippen molar-refractivity contribution in [2.24, 2.45) is 0 Å². The van der Waals surface area contributed by atoms with Crippen LogP contribution in [0.15, 0.2) is 64.4 Å². The third-order valence-corrected chi connectivity index (χ3v) is 4.43. The number of benzene rings is 1. The molecule has 3 aromatic rings. The van der Waals surface area contributed by atoms with E-state index >= 15 is 0 Å². The molecule has 0 fully saturated rings. The van der Waals surface area contributed by atoms with Crippen LogP contribution in [0.1, 0.15) is 24.4 Å². The van der Waals surface area contributed by atoms with Crippen molar-refractivity contribution >= 4 is 17.7 Å². The maximum absolute atomic E-state index is 12.1. The zero-order valence-electron chi connectivity index (χ0n) is 14.1. The van der Waals surface area contributed by atoms with Crippen LogP contribution in [0.2, 0.25) is 0 Å². The summed E-state index contributed by atoms with van der Waals surface area (Å²) in [4.78, 5) is 21.1. The molecule has 2 aromatic heterocycles. The molecule has 0 aliphatic rings. The van der Waals surface area contributed by atoms with E-state index in [2.05, 4.69) is 15.3 Å². The Balaban J connectivity index is 1.63. The number of hydrogen-bond acceptors (Lipinski definition) is 5. The Morgan fingerprint density at radius 3 is 2.72 bits per heavy atom. The van der Waals surface area contributed by atoms with Gasteiger partial charge in [-0.05, 0) is 32.0 Å². The van der Waals surface area contributed by atoms with E-state index < -0.39 is 0 Å². The summed E-state index contributed by atoms with van der Waals surface area (Å²) in [6.45, 7) is 3.81. The van der Waals surface area contributed by atoms with Gasteiger partial charge in [0.15, 0.2) is 5.16 Å². The number of nitrogens with zero attached hydrogens (tertiary/aromatic N) is 2. The van der Waals surface area contributed by atoms with Crippen LogP contribution >= 0.6 is 11.8 Å². The highest BCUT2D eigenvalue weighted by molar-refractivity contribution is 7.99. The SMILES string of the molecule is Cc1cc(-c2ccccc2)nc(SCC(=O)N[C@@H](C)c2ccco2)n1. The Bertz CT molecular complexity index is 835. The Morgan fingerprint density at radius 1 is 1.20 bits per heavy atom. The van der Waals surface area contributed by atoms with Crippen LogP contribution in [0.3, 0.4) is 0 Å². The Morgan fingerprint density at radius 2 is 2.00 bits per heavy atom. The summed E-state index contributed by atoms with van der Waals surface area (Å²) in [5.74, 6) is 0.903. The summed E-state index contributed by atoms with van der Waals surface area (Å²) in [5, 5.41) is 3.50. The minimum absolute atomic E-state index is 0.0831. The van der Waals surface area contributed by atoms with Gasteiger partial charge in [0.1, 0.15) is 5.76 Å². The van der Waals surface area contributed by atoms with Crippen LogP contribution in [-0.2, 0) is 4.79 Å². The second-order valence-corrected chi connectivity index (χ2v) is 6.58. The lowest BCUT2D eigenvalue weighted by molar-refractivity contribution is -0.119. The van der Waals surface area contributed by atoms with Crippen LogP contribution in [0.5, 0.6) is 0 Å². The van der Waals surface area contributed by atoms with Gasteiger partial charge in [-0.2, -0.15) is 0 Å². The van der Waals surface area contributed by atoms with Crippen LogP contribution < -0.4 is 5.32 Å². The molecule has 0 radical (unpaired) electrons. The van der Waals surface area contributed by atoms with Crippen molar-refractivity contribution < 1.29 is 9.21 Å². The first kappa shape index (κ1) is 17.2.